The van der Waals surface area contributed by atoms with Crippen LogP contribution >= 0.6 is 15.9 Å². The summed E-state index contributed by atoms with van der Waals surface area (Å²) in [6, 6.07) is 22.0. The third kappa shape index (κ3) is 4.17. The number of hydrogen-bond acceptors (Lipinski definition) is 2. The maximum Gasteiger partial charge on any atom is 0.252 e. The Morgan fingerprint density at radius 2 is 1.80 bits per heavy atom. The average molecular weight is 462 g/mol. The van der Waals surface area contributed by atoms with Crippen molar-refractivity contribution in [1.82, 2.24) is 14.9 Å². The lowest BCUT2D eigenvalue weighted by Gasteiger charge is -2.17. The third-order valence-corrected chi connectivity index (χ3v) is 5.83. The van der Waals surface area contributed by atoms with Gasteiger partial charge in [-0.15, -0.1) is 0 Å². The summed E-state index contributed by atoms with van der Waals surface area (Å²) in [5.74, 6) is 0.763. The molecule has 0 fully saturated rings. The minimum Gasteiger partial charge on any atom is -0.342 e. The van der Waals surface area contributed by atoms with Crippen LogP contribution in [0.2, 0.25) is 0 Å². The zero-order valence-electron chi connectivity index (χ0n) is 17.3. The number of carbonyl (C=O) groups is 1. The van der Waals surface area contributed by atoms with Gasteiger partial charge in [0, 0.05) is 16.6 Å². The first-order valence-corrected chi connectivity index (χ1v) is 10.8. The van der Waals surface area contributed by atoms with E-state index in [0.717, 1.165) is 32.5 Å². The molecular formula is C25H24BrN3O. The Morgan fingerprint density at radius 1 is 1.07 bits per heavy atom. The highest BCUT2D eigenvalue weighted by atomic mass is 79.9. The zero-order valence-corrected chi connectivity index (χ0v) is 18.9. The number of amides is 1. The average Bonchev–Trinajstić information content (AvgIpc) is 3.08. The summed E-state index contributed by atoms with van der Waals surface area (Å²) in [7, 11) is 0. The van der Waals surface area contributed by atoms with Gasteiger partial charge in [0.15, 0.2) is 0 Å². The fraction of sp³-hybridized carbons (Fsp3) is 0.200. The molecule has 0 aliphatic heterocycles. The number of nitrogens with one attached hydrogen (secondary N) is 1. The molecule has 0 radical (unpaired) electrons. The number of rotatable bonds is 5. The van der Waals surface area contributed by atoms with Crippen LogP contribution in [0.5, 0.6) is 0 Å². The molecule has 0 spiro atoms. The van der Waals surface area contributed by atoms with Crippen LogP contribution in [0, 0.1) is 13.8 Å². The van der Waals surface area contributed by atoms with Gasteiger partial charge in [-0.1, -0.05) is 57.9 Å². The molecule has 4 nitrogen and oxygen atoms in total. The van der Waals surface area contributed by atoms with Crippen molar-refractivity contribution in [1.29, 1.82) is 0 Å². The van der Waals surface area contributed by atoms with Crippen LogP contribution in [-0.4, -0.2) is 15.5 Å². The zero-order chi connectivity index (χ0) is 21.3. The van der Waals surface area contributed by atoms with Gasteiger partial charge in [0.05, 0.1) is 17.1 Å². The molecule has 152 valence electrons. The minimum absolute atomic E-state index is 0.0813. The fourth-order valence-electron chi connectivity index (χ4n) is 3.77. The first-order chi connectivity index (χ1) is 14.4. The number of nitrogens with zero attached hydrogens (tertiary/aromatic N) is 2. The molecule has 1 N–H and O–H groups in total. The van der Waals surface area contributed by atoms with E-state index in [4.69, 9.17) is 4.98 Å². The number of fused-ring (bicyclic) bond motifs is 1. The number of carbonyl (C=O) groups excluding carboxylic acids is 1. The Balaban J connectivity index is 1.67. The minimum atomic E-state index is -0.235. The molecule has 0 saturated carbocycles. The SMILES string of the molecule is Cc1ccc(C(=O)NC(C)c2nc3ccccc3n2Cc2ccc(Br)cc2)c(C)c1. The monoisotopic (exact) mass is 461 g/mol. The Morgan fingerprint density at radius 3 is 2.53 bits per heavy atom. The highest BCUT2D eigenvalue weighted by Crippen LogP contribution is 2.23. The van der Waals surface area contributed by atoms with Crippen molar-refractivity contribution in [3.8, 4) is 0 Å². The number of hydrogen-bond donors (Lipinski definition) is 1. The molecule has 3 aromatic carbocycles. The topological polar surface area (TPSA) is 46.9 Å². The van der Waals surface area contributed by atoms with Crippen molar-refractivity contribution in [2.45, 2.75) is 33.4 Å². The van der Waals surface area contributed by atoms with Crippen LogP contribution in [0.15, 0.2) is 71.2 Å². The second kappa shape index (κ2) is 8.44. The summed E-state index contributed by atoms with van der Waals surface area (Å²) in [6.45, 7) is 6.67. The molecule has 4 rings (SSSR count). The molecule has 0 saturated heterocycles. The molecule has 30 heavy (non-hydrogen) atoms. The predicted molar refractivity (Wildman–Crippen MR) is 125 cm³/mol. The first kappa shape index (κ1) is 20.4. The lowest BCUT2D eigenvalue weighted by molar-refractivity contribution is 0.0937. The van der Waals surface area contributed by atoms with Crippen LogP contribution in [0.4, 0.5) is 0 Å². The van der Waals surface area contributed by atoms with Crippen LogP contribution < -0.4 is 5.32 Å². The Hall–Kier alpha value is -2.92. The Labute approximate surface area is 185 Å². The standard InChI is InChI=1S/C25H24BrN3O/c1-16-8-13-21(17(2)14-16)25(30)27-18(3)24-28-22-6-4-5-7-23(22)29(24)15-19-9-11-20(26)12-10-19/h4-14,18H,15H2,1-3H3,(H,27,30). The van der Waals surface area contributed by atoms with Crippen molar-refractivity contribution in [3.63, 3.8) is 0 Å². The number of para-hydroxylation sites is 2. The summed E-state index contributed by atoms with van der Waals surface area (Å²) in [5, 5.41) is 3.14. The van der Waals surface area contributed by atoms with Gasteiger partial charge < -0.3 is 9.88 Å². The lowest BCUT2D eigenvalue weighted by atomic mass is 10.0. The highest BCUT2D eigenvalue weighted by molar-refractivity contribution is 9.10. The van der Waals surface area contributed by atoms with Crippen molar-refractivity contribution in [2.24, 2.45) is 0 Å². The first-order valence-electron chi connectivity index (χ1n) is 10.00. The van der Waals surface area contributed by atoms with Gasteiger partial charge in [-0.05, 0) is 62.2 Å². The normalized spacial score (nSPS) is 12.1. The van der Waals surface area contributed by atoms with Gasteiger partial charge in [0.25, 0.3) is 5.91 Å². The van der Waals surface area contributed by atoms with Gasteiger partial charge in [-0.2, -0.15) is 0 Å². The van der Waals surface area contributed by atoms with Gasteiger partial charge in [-0.3, -0.25) is 4.79 Å². The van der Waals surface area contributed by atoms with E-state index in [1.54, 1.807) is 0 Å². The van der Waals surface area contributed by atoms with E-state index in [1.807, 2.05) is 69.3 Å². The lowest BCUT2D eigenvalue weighted by Crippen LogP contribution is -2.29. The number of halogens is 1. The fourth-order valence-corrected chi connectivity index (χ4v) is 4.03. The Kier molecular flexibility index (Phi) is 5.73. The second-order valence-corrected chi connectivity index (χ2v) is 8.60. The number of aryl methyl sites for hydroxylation is 2. The van der Waals surface area contributed by atoms with Gasteiger partial charge in [0.2, 0.25) is 0 Å². The summed E-state index contributed by atoms with van der Waals surface area (Å²) < 4.78 is 3.24. The van der Waals surface area contributed by atoms with Crippen molar-refractivity contribution < 1.29 is 4.79 Å². The third-order valence-electron chi connectivity index (χ3n) is 5.30. The van der Waals surface area contributed by atoms with Crippen LogP contribution in [0.1, 0.15) is 45.8 Å². The van der Waals surface area contributed by atoms with Crippen LogP contribution in [0.25, 0.3) is 11.0 Å². The smallest absolute Gasteiger partial charge is 0.252 e. The van der Waals surface area contributed by atoms with E-state index >= 15 is 0 Å². The number of benzene rings is 3. The molecule has 0 aliphatic carbocycles. The Bertz CT molecular complexity index is 1210. The molecule has 1 atom stereocenters. The maximum absolute atomic E-state index is 12.9. The molecule has 1 aromatic heterocycles. The van der Waals surface area contributed by atoms with Crippen molar-refractivity contribution in [2.75, 3.05) is 0 Å². The van der Waals surface area contributed by atoms with Gasteiger partial charge in [-0.25, -0.2) is 4.98 Å². The molecule has 0 bridgehead atoms. The quantitative estimate of drug-likeness (QED) is 0.398. The summed E-state index contributed by atoms with van der Waals surface area (Å²) in [6.07, 6.45) is 0. The van der Waals surface area contributed by atoms with E-state index in [-0.39, 0.29) is 11.9 Å². The predicted octanol–water partition coefficient (Wildman–Crippen LogP) is 5.95. The molecule has 5 heteroatoms. The van der Waals surface area contributed by atoms with Gasteiger partial charge in [0.1, 0.15) is 5.82 Å². The summed E-state index contributed by atoms with van der Waals surface area (Å²) >= 11 is 3.49. The molecule has 1 heterocycles. The molecule has 1 unspecified atom stereocenters. The largest absolute Gasteiger partial charge is 0.342 e. The molecule has 1 amide bonds. The highest BCUT2D eigenvalue weighted by Gasteiger charge is 2.20. The van der Waals surface area contributed by atoms with Crippen molar-refractivity contribution in [3.05, 3.63) is 99.3 Å². The maximum atomic E-state index is 12.9. The molecule has 4 aromatic rings. The van der Waals surface area contributed by atoms with Gasteiger partial charge >= 0.3 is 0 Å². The van der Waals surface area contributed by atoms with Crippen LogP contribution in [0.3, 0.4) is 0 Å². The molecular weight excluding hydrogens is 438 g/mol. The summed E-state index contributed by atoms with van der Waals surface area (Å²) in [5.41, 5.74) is 5.98. The number of imidazole rings is 1. The van der Waals surface area contributed by atoms with E-state index in [2.05, 4.69) is 44.0 Å². The van der Waals surface area contributed by atoms with E-state index < -0.39 is 0 Å². The molecule has 0 aliphatic rings. The van der Waals surface area contributed by atoms with Crippen LogP contribution in [-0.2, 0) is 6.54 Å². The second-order valence-electron chi connectivity index (χ2n) is 7.68. The van der Waals surface area contributed by atoms with E-state index in [0.29, 0.717) is 12.1 Å². The van der Waals surface area contributed by atoms with E-state index in [9.17, 15) is 4.79 Å². The number of aromatic nitrogens is 2. The van der Waals surface area contributed by atoms with E-state index in [1.165, 1.54) is 5.56 Å². The summed E-state index contributed by atoms with van der Waals surface area (Å²) in [4.78, 5) is 17.8. The van der Waals surface area contributed by atoms with Crippen molar-refractivity contribution >= 4 is 32.9 Å².